The van der Waals surface area contributed by atoms with E-state index in [-0.39, 0.29) is 5.91 Å². The van der Waals surface area contributed by atoms with Gasteiger partial charge in [-0.05, 0) is 65.5 Å². The Labute approximate surface area is 124 Å². The smallest absolute Gasteiger partial charge is 0.237 e. The van der Waals surface area contributed by atoms with Gasteiger partial charge in [0.15, 0.2) is 0 Å². The number of rotatable bonds is 6. The van der Waals surface area contributed by atoms with E-state index in [1.807, 2.05) is 6.92 Å². The summed E-state index contributed by atoms with van der Waals surface area (Å²) in [4.78, 5) is 14.1. The van der Waals surface area contributed by atoms with Gasteiger partial charge >= 0.3 is 0 Å². The molecule has 2 atom stereocenters. The minimum atomic E-state index is -0.623. The van der Waals surface area contributed by atoms with Gasteiger partial charge < -0.3 is 16.0 Å². The monoisotopic (exact) mass is 283 g/mol. The number of amides is 1. The van der Waals surface area contributed by atoms with Crippen molar-refractivity contribution in [2.75, 3.05) is 14.1 Å². The van der Waals surface area contributed by atoms with Crippen LogP contribution < -0.4 is 11.1 Å². The van der Waals surface area contributed by atoms with Crippen LogP contribution in [0.5, 0.6) is 0 Å². The van der Waals surface area contributed by atoms with Crippen LogP contribution >= 0.6 is 0 Å². The summed E-state index contributed by atoms with van der Waals surface area (Å²) in [6.07, 6.45) is 5.82. The van der Waals surface area contributed by atoms with Crippen molar-refractivity contribution in [3.05, 3.63) is 0 Å². The van der Waals surface area contributed by atoms with E-state index >= 15 is 0 Å². The molecule has 1 rings (SSSR count). The zero-order chi connectivity index (χ0) is 15.6. The molecule has 0 aromatic carbocycles. The summed E-state index contributed by atoms with van der Waals surface area (Å²) >= 11 is 0. The van der Waals surface area contributed by atoms with Crippen molar-refractivity contribution in [2.45, 2.75) is 77.4 Å². The van der Waals surface area contributed by atoms with Crippen LogP contribution in [0.3, 0.4) is 0 Å². The third kappa shape index (κ3) is 4.19. The molecule has 118 valence electrons. The number of nitrogens with zero attached hydrogens (tertiary/aromatic N) is 1. The van der Waals surface area contributed by atoms with Gasteiger partial charge in [-0.1, -0.05) is 13.8 Å². The Hall–Kier alpha value is -0.610. The first-order valence-corrected chi connectivity index (χ1v) is 7.82. The molecule has 0 aliphatic heterocycles. The van der Waals surface area contributed by atoms with E-state index in [4.69, 9.17) is 5.73 Å². The average Bonchev–Trinajstić information content (AvgIpc) is 2.37. The van der Waals surface area contributed by atoms with Gasteiger partial charge in [0.25, 0.3) is 0 Å². The molecule has 2 unspecified atom stereocenters. The van der Waals surface area contributed by atoms with Gasteiger partial charge in [0, 0.05) is 12.1 Å². The molecule has 0 heterocycles. The van der Waals surface area contributed by atoms with E-state index in [2.05, 4.69) is 38.0 Å². The molecule has 4 nitrogen and oxygen atoms in total. The highest BCUT2D eigenvalue weighted by molar-refractivity contribution is 5.84. The molecule has 0 saturated heterocycles. The van der Waals surface area contributed by atoms with Crippen LogP contribution in [0.4, 0.5) is 0 Å². The van der Waals surface area contributed by atoms with E-state index in [0.717, 1.165) is 6.42 Å². The van der Waals surface area contributed by atoms with Crippen LogP contribution in [0.25, 0.3) is 0 Å². The number of likely N-dealkylation sites (N-methyl/N-ethyl adjacent to an activating group) is 1. The van der Waals surface area contributed by atoms with Crippen molar-refractivity contribution in [1.29, 1.82) is 0 Å². The van der Waals surface area contributed by atoms with Gasteiger partial charge in [-0.15, -0.1) is 0 Å². The highest BCUT2D eigenvalue weighted by Crippen LogP contribution is 2.37. The molecule has 4 heteroatoms. The lowest BCUT2D eigenvalue weighted by molar-refractivity contribution is -0.124. The molecular formula is C16H33N3O. The van der Waals surface area contributed by atoms with Gasteiger partial charge in [-0.2, -0.15) is 0 Å². The van der Waals surface area contributed by atoms with Gasteiger partial charge in [0.05, 0.1) is 5.54 Å². The predicted octanol–water partition coefficient (Wildman–Crippen LogP) is 2.13. The second-order valence-electron chi connectivity index (χ2n) is 7.56. The molecule has 3 N–H and O–H groups in total. The van der Waals surface area contributed by atoms with E-state index in [0.29, 0.717) is 17.5 Å². The quantitative estimate of drug-likeness (QED) is 0.785. The van der Waals surface area contributed by atoms with Gasteiger partial charge in [0.1, 0.15) is 0 Å². The Morgan fingerprint density at radius 2 is 1.95 bits per heavy atom. The van der Waals surface area contributed by atoms with E-state index in [1.165, 1.54) is 25.7 Å². The van der Waals surface area contributed by atoms with Crippen molar-refractivity contribution in [2.24, 2.45) is 11.1 Å². The molecule has 1 aliphatic rings. The Morgan fingerprint density at radius 1 is 1.45 bits per heavy atom. The topological polar surface area (TPSA) is 58.4 Å². The van der Waals surface area contributed by atoms with Gasteiger partial charge in [0.2, 0.25) is 5.91 Å². The highest BCUT2D eigenvalue weighted by Gasteiger charge is 2.35. The summed E-state index contributed by atoms with van der Waals surface area (Å²) in [6, 6.07) is 0.971. The van der Waals surface area contributed by atoms with Gasteiger partial charge in [-0.3, -0.25) is 4.79 Å². The molecular weight excluding hydrogens is 250 g/mol. The zero-order valence-electron chi connectivity index (χ0n) is 14.1. The fourth-order valence-corrected chi connectivity index (χ4v) is 3.21. The normalized spacial score (nSPS) is 24.4. The molecule has 20 heavy (non-hydrogen) atoms. The molecule has 0 aromatic heterocycles. The van der Waals surface area contributed by atoms with Crippen molar-refractivity contribution >= 4 is 5.91 Å². The second-order valence-corrected chi connectivity index (χ2v) is 7.56. The fourth-order valence-electron chi connectivity index (χ4n) is 3.21. The first kappa shape index (κ1) is 17.4. The van der Waals surface area contributed by atoms with E-state index < -0.39 is 5.54 Å². The van der Waals surface area contributed by atoms with Crippen LogP contribution in [0.15, 0.2) is 0 Å². The molecule has 1 aliphatic carbocycles. The van der Waals surface area contributed by atoms with Crippen molar-refractivity contribution < 1.29 is 4.79 Å². The third-order valence-electron chi connectivity index (χ3n) is 5.38. The number of nitrogens with one attached hydrogen (secondary N) is 1. The summed E-state index contributed by atoms with van der Waals surface area (Å²) < 4.78 is 0. The molecule has 0 aromatic rings. The summed E-state index contributed by atoms with van der Waals surface area (Å²) in [5.41, 5.74) is 5.39. The van der Waals surface area contributed by atoms with E-state index in [1.54, 1.807) is 7.05 Å². The van der Waals surface area contributed by atoms with Crippen molar-refractivity contribution in [3.8, 4) is 0 Å². The first-order valence-electron chi connectivity index (χ1n) is 7.82. The fraction of sp³-hybridized carbons (Fsp3) is 0.938. The Balaban J connectivity index is 2.59. The zero-order valence-corrected chi connectivity index (χ0v) is 14.1. The lowest BCUT2D eigenvalue weighted by atomic mass is 9.75. The summed E-state index contributed by atoms with van der Waals surface area (Å²) in [7, 11) is 3.99. The SMILES string of the molecule is CNC(C)(CC(C)N(C)C1CCC(C)(C)CC1)C(N)=O. The van der Waals surface area contributed by atoms with Crippen molar-refractivity contribution in [1.82, 2.24) is 10.2 Å². The third-order valence-corrected chi connectivity index (χ3v) is 5.38. The van der Waals surface area contributed by atoms with Crippen LogP contribution in [-0.2, 0) is 4.79 Å². The van der Waals surface area contributed by atoms with Crippen LogP contribution in [0.2, 0.25) is 0 Å². The largest absolute Gasteiger partial charge is 0.368 e. The maximum atomic E-state index is 11.6. The minimum Gasteiger partial charge on any atom is -0.368 e. The van der Waals surface area contributed by atoms with Gasteiger partial charge in [-0.25, -0.2) is 0 Å². The minimum absolute atomic E-state index is 0.273. The summed E-state index contributed by atoms with van der Waals surface area (Å²) in [5, 5.41) is 3.08. The van der Waals surface area contributed by atoms with Crippen LogP contribution in [-0.4, -0.2) is 42.5 Å². The first-order chi connectivity index (χ1) is 9.11. The van der Waals surface area contributed by atoms with Crippen molar-refractivity contribution in [3.63, 3.8) is 0 Å². The Kier molecular flexibility index (Phi) is 5.61. The predicted molar refractivity (Wildman–Crippen MR) is 84.5 cm³/mol. The lowest BCUT2D eigenvalue weighted by Gasteiger charge is -2.42. The molecule has 1 fully saturated rings. The van der Waals surface area contributed by atoms with Crippen LogP contribution in [0, 0.1) is 5.41 Å². The van der Waals surface area contributed by atoms with E-state index in [9.17, 15) is 4.79 Å². The Bertz CT molecular complexity index is 333. The molecule has 1 amide bonds. The number of hydrogen-bond donors (Lipinski definition) is 2. The maximum absolute atomic E-state index is 11.6. The summed E-state index contributed by atoms with van der Waals surface area (Å²) in [5.74, 6) is -0.273. The molecule has 0 spiro atoms. The number of nitrogens with two attached hydrogens (primary N) is 1. The number of carbonyl (C=O) groups is 1. The average molecular weight is 283 g/mol. The number of hydrogen-bond acceptors (Lipinski definition) is 3. The summed E-state index contributed by atoms with van der Waals surface area (Å²) in [6.45, 7) is 8.80. The highest BCUT2D eigenvalue weighted by atomic mass is 16.1. The molecule has 0 radical (unpaired) electrons. The van der Waals surface area contributed by atoms with Crippen LogP contribution in [0.1, 0.15) is 59.8 Å². The molecule has 0 bridgehead atoms. The standard InChI is InChI=1S/C16H33N3O/c1-12(11-16(4,18-5)14(17)20)19(6)13-7-9-15(2,3)10-8-13/h12-13,18H,7-11H2,1-6H3,(H2,17,20). The lowest BCUT2D eigenvalue weighted by Crippen LogP contribution is -2.55. The maximum Gasteiger partial charge on any atom is 0.237 e. The number of carbonyl (C=O) groups excluding carboxylic acids is 1. The molecule has 1 saturated carbocycles. The Morgan fingerprint density at radius 3 is 2.35 bits per heavy atom. The second kappa shape index (κ2) is 6.44. The number of primary amides is 1.